The minimum absolute atomic E-state index is 0.0261. The number of nitro benzene ring substituents is 1. The number of benzene rings is 1. The van der Waals surface area contributed by atoms with Gasteiger partial charge < -0.3 is 10.1 Å². The van der Waals surface area contributed by atoms with E-state index in [1.807, 2.05) is 0 Å². The smallest absolute Gasteiger partial charge is 0.293 e. The van der Waals surface area contributed by atoms with Crippen LogP contribution in [0.4, 0.5) is 15.8 Å². The molecular formula is C9H8FIN2O3. The van der Waals surface area contributed by atoms with Crippen molar-refractivity contribution in [2.24, 2.45) is 0 Å². The van der Waals surface area contributed by atoms with Gasteiger partial charge in [-0.1, -0.05) is 0 Å². The summed E-state index contributed by atoms with van der Waals surface area (Å²) in [5, 5.41) is 13.7. The Morgan fingerprint density at radius 1 is 1.56 bits per heavy atom. The number of nitro groups is 1. The fourth-order valence-corrected chi connectivity index (χ4v) is 1.79. The Labute approximate surface area is 104 Å². The highest BCUT2D eigenvalue weighted by molar-refractivity contribution is 14.1. The van der Waals surface area contributed by atoms with Gasteiger partial charge in [-0.25, -0.2) is 4.39 Å². The third-order valence-corrected chi connectivity index (χ3v) is 3.06. The maximum atomic E-state index is 13.3. The van der Waals surface area contributed by atoms with Crippen LogP contribution in [0.2, 0.25) is 0 Å². The van der Waals surface area contributed by atoms with E-state index in [1.165, 1.54) is 6.07 Å². The summed E-state index contributed by atoms with van der Waals surface area (Å²) in [6.45, 7) is 0.982. The quantitative estimate of drug-likeness (QED) is 0.521. The van der Waals surface area contributed by atoms with Crippen LogP contribution in [0.1, 0.15) is 0 Å². The number of anilines is 1. The molecule has 1 aliphatic heterocycles. The Morgan fingerprint density at radius 3 is 2.75 bits per heavy atom. The van der Waals surface area contributed by atoms with Crippen molar-refractivity contribution >= 4 is 34.0 Å². The highest BCUT2D eigenvalue weighted by Gasteiger charge is 2.23. The van der Waals surface area contributed by atoms with Crippen molar-refractivity contribution in [2.75, 3.05) is 18.5 Å². The van der Waals surface area contributed by atoms with Crippen LogP contribution >= 0.6 is 22.6 Å². The van der Waals surface area contributed by atoms with E-state index < -0.39 is 10.7 Å². The molecule has 0 aromatic heterocycles. The monoisotopic (exact) mass is 338 g/mol. The summed E-state index contributed by atoms with van der Waals surface area (Å²) >= 11 is 1.73. The lowest BCUT2D eigenvalue weighted by molar-refractivity contribution is -0.384. The number of rotatable bonds is 3. The van der Waals surface area contributed by atoms with Gasteiger partial charge in [-0.3, -0.25) is 10.1 Å². The van der Waals surface area contributed by atoms with Gasteiger partial charge in [0.2, 0.25) is 0 Å². The van der Waals surface area contributed by atoms with Gasteiger partial charge in [0.15, 0.2) is 0 Å². The summed E-state index contributed by atoms with van der Waals surface area (Å²) < 4.78 is 18.5. The van der Waals surface area contributed by atoms with Crippen molar-refractivity contribution in [3.05, 3.63) is 31.6 Å². The lowest BCUT2D eigenvalue weighted by atomic mass is 10.2. The average Bonchev–Trinajstić information content (AvgIpc) is 2.16. The molecule has 1 N–H and O–H groups in total. The molecule has 1 aromatic rings. The molecule has 86 valence electrons. The van der Waals surface area contributed by atoms with Crippen LogP contribution in [-0.4, -0.2) is 24.2 Å². The third-order valence-electron chi connectivity index (χ3n) is 2.23. The molecule has 0 radical (unpaired) electrons. The lowest BCUT2D eigenvalue weighted by Crippen LogP contribution is -2.40. The van der Waals surface area contributed by atoms with Crippen LogP contribution in [0.25, 0.3) is 0 Å². The first kappa shape index (κ1) is 11.5. The molecule has 1 saturated heterocycles. The normalized spacial score (nSPS) is 15.6. The standard InChI is InChI=1S/C9H8FIN2O3/c10-6-1-8(12-5-3-16-4-5)9(13(14)15)2-7(6)11/h1-2,5,12H,3-4H2. The summed E-state index contributed by atoms with van der Waals surface area (Å²) in [6, 6.07) is 2.40. The van der Waals surface area contributed by atoms with Crippen LogP contribution in [0, 0.1) is 19.5 Å². The van der Waals surface area contributed by atoms with Crippen LogP contribution in [0.5, 0.6) is 0 Å². The molecule has 0 spiro atoms. The van der Waals surface area contributed by atoms with Crippen LogP contribution in [-0.2, 0) is 4.74 Å². The van der Waals surface area contributed by atoms with E-state index in [1.54, 1.807) is 22.6 Å². The highest BCUT2D eigenvalue weighted by atomic mass is 127. The maximum Gasteiger partial charge on any atom is 0.293 e. The molecule has 0 atom stereocenters. The Morgan fingerprint density at radius 2 is 2.25 bits per heavy atom. The van der Waals surface area contributed by atoms with E-state index in [2.05, 4.69) is 5.32 Å². The van der Waals surface area contributed by atoms with E-state index in [9.17, 15) is 14.5 Å². The number of hydrogen-bond donors (Lipinski definition) is 1. The SMILES string of the molecule is O=[N+]([O-])c1cc(I)c(F)cc1NC1COC1. The van der Waals surface area contributed by atoms with E-state index in [0.717, 1.165) is 6.07 Å². The van der Waals surface area contributed by atoms with Crippen molar-refractivity contribution in [1.29, 1.82) is 0 Å². The Kier molecular flexibility index (Phi) is 3.24. The van der Waals surface area contributed by atoms with Gasteiger partial charge >= 0.3 is 0 Å². The number of hydrogen-bond acceptors (Lipinski definition) is 4. The molecule has 0 bridgehead atoms. The summed E-state index contributed by atoms with van der Waals surface area (Å²) in [4.78, 5) is 10.3. The van der Waals surface area contributed by atoms with Gasteiger partial charge in [-0.2, -0.15) is 0 Å². The molecule has 0 amide bonds. The topological polar surface area (TPSA) is 64.4 Å². The number of nitrogens with one attached hydrogen (secondary N) is 1. The van der Waals surface area contributed by atoms with Crippen LogP contribution in [0.15, 0.2) is 12.1 Å². The van der Waals surface area contributed by atoms with E-state index in [4.69, 9.17) is 4.74 Å². The zero-order chi connectivity index (χ0) is 11.7. The molecule has 2 rings (SSSR count). The molecule has 16 heavy (non-hydrogen) atoms. The zero-order valence-corrected chi connectivity index (χ0v) is 10.2. The van der Waals surface area contributed by atoms with Gasteiger partial charge in [0.05, 0.1) is 27.7 Å². The molecule has 1 heterocycles. The third kappa shape index (κ3) is 2.24. The first-order valence-corrected chi connectivity index (χ1v) is 5.63. The van der Waals surface area contributed by atoms with Gasteiger partial charge in [0.1, 0.15) is 11.5 Å². The predicted molar refractivity (Wildman–Crippen MR) is 64.0 cm³/mol. The minimum Gasteiger partial charge on any atom is -0.377 e. The maximum absolute atomic E-state index is 13.3. The van der Waals surface area contributed by atoms with Gasteiger partial charge in [0.25, 0.3) is 5.69 Å². The van der Waals surface area contributed by atoms with E-state index in [-0.39, 0.29) is 21.0 Å². The largest absolute Gasteiger partial charge is 0.377 e. The second kappa shape index (κ2) is 4.50. The fourth-order valence-electron chi connectivity index (χ4n) is 1.34. The molecule has 1 aliphatic rings. The molecular weight excluding hydrogens is 330 g/mol. The van der Waals surface area contributed by atoms with Gasteiger partial charge in [0, 0.05) is 12.1 Å². The summed E-state index contributed by atoms with van der Waals surface area (Å²) in [6.07, 6.45) is 0. The average molecular weight is 338 g/mol. The van der Waals surface area contributed by atoms with Crippen molar-refractivity contribution in [2.45, 2.75) is 6.04 Å². The Balaban J connectivity index is 2.32. The zero-order valence-electron chi connectivity index (χ0n) is 8.07. The second-order valence-electron chi connectivity index (χ2n) is 3.42. The molecule has 7 heteroatoms. The molecule has 1 aromatic carbocycles. The highest BCUT2D eigenvalue weighted by Crippen LogP contribution is 2.29. The van der Waals surface area contributed by atoms with E-state index in [0.29, 0.717) is 13.2 Å². The molecule has 5 nitrogen and oxygen atoms in total. The van der Waals surface area contributed by atoms with Gasteiger partial charge in [-0.15, -0.1) is 0 Å². The summed E-state index contributed by atoms with van der Waals surface area (Å²) in [7, 11) is 0. The van der Waals surface area contributed by atoms with Crippen molar-refractivity contribution in [3.8, 4) is 0 Å². The number of halogens is 2. The molecule has 1 fully saturated rings. The van der Waals surface area contributed by atoms with E-state index >= 15 is 0 Å². The molecule has 0 unspecified atom stereocenters. The van der Waals surface area contributed by atoms with Crippen molar-refractivity contribution in [1.82, 2.24) is 0 Å². The van der Waals surface area contributed by atoms with Crippen molar-refractivity contribution in [3.63, 3.8) is 0 Å². The first-order chi connectivity index (χ1) is 7.58. The van der Waals surface area contributed by atoms with Crippen LogP contribution < -0.4 is 5.32 Å². The summed E-state index contributed by atoms with van der Waals surface area (Å²) in [5.41, 5.74) is 0.0916. The van der Waals surface area contributed by atoms with Crippen molar-refractivity contribution < 1.29 is 14.1 Å². The Bertz CT molecular complexity index is 437. The lowest BCUT2D eigenvalue weighted by Gasteiger charge is -2.27. The molecule has 0 saturated carbocycles. The second-order valence-corrected chi connectivity index (χ2v) is 4.58. The fraction of sp³-hybridized carbons (Fsp3) is 0.333. The predicted octanol–water partition coefficient (Wildman–Crippen LogP) is 2.15. The van der Waals surface area contributed by atoms with Gasteiger partial charge in [-0.05, 0) is 22.6 Å². The first-order valence-electron chi connectivity index (χ1n) is 4.55. The van der Waals surface area contributed by atoms with Crippen LogP contribution in [0.3, 0.4) is 0 Å². The number of ether oxygens (including phenoxy) is 1. The number of nitrogens with zero attached hydrogens (tertiary/aromatic N) is 1. The summed E-state index contributed by atoms with van der Waals surface area (Å²) in [5.74, 6) is -0.464. The Hall–Kier alpha value is -0.960. The molecule has 0 aliphatic carbocycles. The minimum atomic E-state index is -0.524.